The van der Waals surface area contributed by atoms with Crippen molar-refractivity contribution in [2.45, 2.75) is 26.2 Å². The van der Waals surface area contributed by atoms with Gasteiger partial charge in [0, 0.05) is 12.3 Å². The van der Waals surface area contributed by atoms with E-state index < -0.39 is 0 Å². The van der Waals surface area contributed by atoms with Crippen molar-refractivity contribution >= 4 is 11.6 Å². The zero-order chi connectivity index (χ0) is 8.27. The molecule has 0 spiro atoms. The van der Waals surface area contributed by atoms with Gasteiger partial charge in [0.05, 0.1) is 5.69 Å². The molecule has 0 bridgehead atoms. The predicted molar refractivity (Wildman–Crippen MR) is 45.0 cm³/mol. The summed E-state index contributed by atoms with van der Waals surface area (Å²) in [6.45, 7) is 4.17. The quantitative estimate of drug-likeness (QED) is 0.657. The second-order valence-corrected chi connectivity index (χ2v) is 3.14. The predicted octanol–water partition coefficient (Wildman–Crippen LogP) is 2.58. The van der Waals surface area contributed by atoms with Crippen LogP contribution in [-0.2, 0) is 6.42 Å². The summed E-state index contributed by atoms with van der Waals surface area (Å²) in [7, 11) is 0. The first kappa shape index (κ1) is 8.60. The van der Waals surface area contributed by atoms with E-state index >= 15 is 0 Å². The summed E-state index contributed by atoms with van der Waals surface area (Å²) in [5.74, 6) is 1.74. The van der Waals surface area contributed by atoms with Gasteiger partial charge in [-0.15, -0.1) is 11.6 Å². The Labute approximate surface area is 71.6 Å². The van der Waals surface area contributed by atoms with Gasteiger partial charge in [0.1, 0.15) is 6.26 Å². The number of hydrogen-bond donors (Lipinski definition) is 0. The minimum atomic E-state index is 0.433. The van der Waals surface area contributed by atoms with Crippen LogP contribution in [0.1, 0.15) is 31.4 Å². The minimum absolute atomic E-state index is 0.433. The number of aromatic nitrogens is 1. The van der Waals surface area contributed by atoms with E-state index in [0.29, 0.717) is 18.2 Å². The summed E-state index contributed by atoms with van der Waals surface area (Å²) < 4.78 is 5.17. The Kier molecular flexibility index (Phi) is 2.94. The lowest BCUT2D eigenvalue weighted by Crippen LogP contribution is -1.89. The zero-order valence-corrected chi connectivity index (χ0v) is 7.56. The highest BCUT2D eigenvalue weighted by Gasteiger charge is 2.05. The normalized spacial score (nSPS) is 10.9. The van der Waals surface area contributed by atoms with Gasteiger partial charge in [0.15, 0.2) is 5.89 Å². The van der Waals surface area contributed by atoms with Gasteiger partial charge in [-0.25, -0.2) is 4.98 Å². The standard InChI is InChI=1S/C8H12ClNO/c1-6(2)7-5-11-8(10-7)3-4-9/h5-6H,3-4H2,1-2H3. The van der Waals surface area contributed by atoms with Gasteiger partial charge in [0.25, 0.3) is 0 Å². The molecule has 0 saturated carbocycles. The Balaban J connectivity index is 2.66. The largest absolute Gasteiger partial charge is 0.449 e. The molecule has 2 nitrogen and oxygen atoms in total. The molecule has 1 aromatic rings. The topological polar surface area (TPSA) is 26.0 Å². The summed E-state index contributed by atoms with van der Waals surface area (Å²) >= 11 is 5.52. The number of halogens is 1. The first-order valence-electron chi connectivity index (χ1n) is 3.74. The van der Waals surface area contributed by atoms with E-state index in [1.165, 1.54) is 0 Å². The van der Waals surface area contributed by atoms with Gasteiger partial charge >= 0.3 is 0 Å². The fourth-order valence-corrected chi connectivity index (χ4v) is 0.948. The molecule has 0 radical (unpaired) electrons. The molecule has 0 unspecified atom stereocenters. The van der Waals surface area contributed by atoms with E-state index in [2.05, 4.69) is 18.8 Å². The van der Waals surface area contributed by atoms with E-state index in [1.807, 2.05) is 0 Å². The van der Waals surface area contributed by atoms with E-state index in [1.54, 1.807) is 6.26 Å². The highest BCUT2D eigenvalue weighted by Crippen LogP contribution is 2.13. The van der Waals surface area contributed by atoms with Crippen molar-refractivity contribution in [3.63, 3.8) is 0 Å². The third-order valence-corrected chi connectivity index (χ3v) is 1.66. The molecule has 0 aliphatic rings. The van der Waals surface area contributed by atoms with Crippen molar-refractivity contribution < 1.29 is 4.42 Å². The number of nitrogens with zero attached hydrogens (tertiary/aromatic N) is 1. The summed E-state index contributed by atoms with van der Waals surface area (Å²) in [6.07, 6.45) is 2.42. The van der Waals surface area contributed by atoms with Crippen LogP contribution in [0, 0.1) is 0 Å². The molecule has 1 rings (SSSR count). The second-order valence-electron chi connectivity index (χ2n) is 2.76. The molecule has 0 aromatic carbocycles. The van der Waals surface area contributed by atoms with E-state index in [0.717, 1.165) is 11.6 Å². The summed E-state index contributed by atoms with van der Waals surface area (Å²) in [5, 5.41) is 0. The van der Waals surface area contributed by atoms with Crippen molar-refractivity contribution in [3.05, 3.63) is 17.8 Å². The average Bonchev–Trinajstić information content (AvgIpc) is 2.37. The molecule has 0 aliphatic carbocycles. The van der Waals surface area contributed by atoms with Crippen molar-refractivity contribution in [2.75, 3.05) is 5.88 Å². The summed E-state index contributed by atoms with van der Waals surface area (Å²) in [6, 6.07) is 0. The highest BCUT2D eigenvalue weighted by atomic mass is 35.5. The van der Waals surface area contributed by atoms with Crippen molar-refractivity contribution in [2.24, 2.45) is 0 Å². The molecule has 0 fully saturated rings. The van der Waals surface area contributed by atoms with Crippen LogP contribution in [0.15, 0.2) is 10.7 Å². The van der Waals surface area contributed by atoms with Crippen LogP contribution in [0.2, 0.25) is 0 Å². The number of rotatable bonds is 3. The van der Waals surface area contributed by atoms with Crippen LogP contribution in [0.3, 0.4) is 0 Å². The lowest BCUT2D eigenvalue weighted by atomic mass is 10.2. The summed E-state index contributed by atoms with van der Waals surface area (Å²) in [5.41, 5.74) is 1.00. The SMILES string of the molecule is CC(C)c1coc(CCCl)n1. The minimum Gasteiger partial charge on any atom is -0.449 e. The Bertz CT molecular complexity index is 220. The highest BCUT2D eigenvalue weighted by molar-refractivity contribution is 6.17. The fraction of sp³-hybridized carbons (Fsp3) is 0.625. The molecule has 3 heteroatoms. The molecule has 0 aliphatic heterocycles. The molecule has 0 saturated heterocycles. The maximum Gasteiger partial charge on any atom is 0.195 e. The van der Waals surface area contributed by atoms with Gasteiger partial charge in [0.2, 0.25) is 0 Å². The number of oxazole rings is 1. The third kappa shape index (κ3) is 2.22. The Hall–Kier alpha value is -0.500. The fourth-order valence-electron chi connectivity index (χ4n) is 0.786. The first-order valence-corrected chi connectivity index (χ1v) is 4.27. The van der Waals surface area contributed by atoms with Crippen molar-refractivity contribution in [1.29, 1.82) is 0 Å². The molecular formula is C8H12ClNO. The zero-order valence-electron chi connectivity index (χ0n) is 6.80. The van der Waals surface area contributed by atoms with Gasteiger partial charge < -0.3 is 4.42 Å². The molecule has 1 aromatic heterocycles. The van der Waals surface area contributed by atoms with E-state index in [4.69, 9.17) is 16.0 Å². The molecule has 1 heterocycles. The smallest absolute Gasteiger partial charge is 0.195 e. The number of hydrogen-bond acceptors (Lipinski definition) is 2. The lowest BCUT2D eigenvalue weighted by Gasteiger charge is -1.94. The lowest BCUT2D eigenvalue weighted by molar-refractivity contribution is 0.501. The van der Waals surface area contributed by atoms with Gasteiger partial charge in [-0.3, -0.25) is 0 Å². The number of alkyl halides is 1. The molecule has 0 atom stereocenters. The van der Waals surface area contributed by atoms with Crippen LogP contribution in [0.25, 0.3) is 0 Å². The number of aryl methyl sites for hydroxylation is 1. The average molecular weight is 174 g/mol. The molecular weight excluding hydrogens is 162 g/mol. The molecule has 11 heavy (non-hydrogen) atoms. The maximum absolute atomic E-state index is 5.52. The maximum atomic E-state index is 5.52. The van der Waals surface area contributed by atoms with Crippen molar-refractivity contribution in [1.82, 2.24) is 4.98 Å². The molecule has 0 amide bonds. The Morgan fingerprint density at radius 1 is 1.64 bits per heavy atom. The van der Waals surface area contributed by atoms with E-state index in [-0.39, 0.29) is 0 Å². The second kappa shape index (κ2) is 3.77. The Morgan fingerprint density at radius 3 is 2.82 bits per heavy atom. The monoisotopic (exact) mass is 173 g/mol. The summed E-state index contributed by atoms with van der Waals surface area (Å²) in [4.78, 5) is 4.25. The third-order valence-electron chi connectivity index (χ3n) is 1.47. The molecule has 62 valence electrons. The van der Waals surface area contributed by atoms with Crippen molar-refractivity contribution in [3.8, 4) is 0 Å². The Morgan fingerprint density at radius 2 is 2.36 bits per heavy atom. The van der Waals surface area contributed by atoms with Gasteiger partial charge in [-0.2, -0.15) is 0 Å². The van der Waals surface area contributed by atoms with Crippen LogP contribution < -0.4 is 0 Å². The first-order chi connectivity index (χ1) is 5.24. The van der Waals surface area contributed by atoms with Crippen LogP contribution >= 0.6 is 11.6 Å². The molecule has 0 N–H and O–H groups in total. The van der Waals surface area contributed by atoms with E-state index in [9.17, 15) is 0 Å². The van der Waals surface area contributed by atoms with Crippen LogP contribution in [-0.4, -0.2) is 10.9 Å². The van der Waals surface area contributed by atoms with Gasteiger partial charge in [-0.05, 0) is 5.92 Å². The van der Waals surface area contributed by atoms with Crippen LogP contribution in [0.5, 0.6) is 0 Å². The van der Waals surface area contributed by atoms with Gasteiger partial charge in [-0.1, -0.05) is 13.8 Å². The van der Waals surface area contributed by atoms with Crippen LogP contribution in [0.4, 0.5) is 0 Å².